The minimum Gasteiger partial charge on any atom is -0.352 e. The summed E-state index contributed by atoms with van der Waals surface area (Å²) in [6, 6.07) is 1.78. The zero-order valence-electron chi connectivity index (χ0n) is 17.1. The third-order valence-electron chi connectivity index (χ3n) is 4.06. The van der Waals surface area contributed by atoms with E-state index in [1.165, 1.54) is 6.20 Å². The summed E-state index contributed by atoms with van der Waals surface area (Å²) in [6.07, 6.45) is 3.76. The highest BCUT2D eigenvalue weighted by molar-refractivity contribution is 7.07. The van der Waals surface area contributed by atoms with Crippen LogP contribution in [0.4, 0.5) is 0 Å². The van der Waals surface area contributed by atoms with Gasteiger partial charge >= 0.3 is 0 Å². The fourth-order valence-electron chi connectivity index (χ4n) is 2.94. The Morgan fingerprint density at radius 2 is 1.64 bits per heavy atom. The molecule has 2 amide bonds. The van der Waals surface area contributed by atoms with E-state index in [-0.39, 0.29) is 23.2 Å². The SMILES string of the molecule is CC(C)Cn1cc(C(=O)NC(C)C)c(=O)c(C(=O)NC(C)Cc2ccsc2)c1. The second kappa shape index (κ2) is 9.68. The minimum absolute atomic E-state index is 0.00535. The average Bonchev–Trinajstić information content (AvgIpc) is 3.07. The van der Waals surface area contributed by atoms with Crippen LogP contribution in [-0.4, -0.2) is 28.5 Å². The van der Waals surface area contributed by atoms with Crippen LogP contribution in [0.2, 0.25) is 0 Å². The van der Waals surface area contributed by atoms with Gasteiger partial charge in [-0.1, -0.05) is 13.8 Å². The van der Waals surface area contributed by atoms with Crippen molar-refractivity contribution in [3.8, 4) is 0 Å². The van der Waals surface area contributed by atoms with Gasteiger partial charge in [-0.3, -0.25) is 14.4 Å². The van der Waals surface area contributed by atoms with Crippen LogP contribution in [0.15, 0.2) is 34.0 Å². The molecule has 2 rings (SSSR count). The predicted molar refractivity (Wildman–Crippen MR) is 113 cm³/mol. The van der Waals surface area contributed by atoms with E-state index in [1.807, 2.05) is 51.4 Å². The first-order valence-corrected chi connectivity index (χ1v) is 10.5. The second-order valence-electron chi connectivity index (χ2n) is 7.84. The van der Waals surface area contributed by atoms with E-state index >= 15 is 0 Å². The maximum atomic E-state index is 12.8. The summed E-state index contributed by atoms with van der Waals surface area (Å²) in [5, 5.41) is 9.65. The fourth-order valence-corrected chi connectivity index (χ4v) is 3.62. The number of hydrogen-bond acceptors (Lipinski definition) is 4. The number of thiophene rings is 1. The number of carbonyl (C=O) groups excluding carboxylic acids is 2. The van der Waals surface area contributed by atoms with Gasteiger partial charge in [0.25, 0.3) is 11.8 Å². The Bertz CT molecular complexity index is 870. The number of rotatable bonds is 8. The molecule has 0 aromatic carbocycles. The number of aromatic nitrogens is 1. The molecule has 0 bridgehead atoms. The van der Waals surface area contributed by atoms with E-state index in [0.29, 0.717) is 18.9 Å². The molecule has 0 saturated carbocycles. The lowest BCUT2D eigenvalue weighted by molar-refractivity contribution is 0.0938. The van der Waals surface area contributed by atoms with E-state index in [9.17, 15) is 14.4 Å². The van der Waals surface area contributed by atoms with Gasteiger partial charge in [0, 0.05) is 31.0 Å². The van der Waals surface area contributed by atoms with Crippen LogP contribution >= 0.6 is 11.3 Å². The molecule has 2 heterocycles. The third kappa shape index (κ3) is 6.05. The molecule has 1 atom stereocenters. The molecule has 6 nitrogen and oxygen atoms in total. The van der Waals surface area contributed by atoms with E-state index in [4.69, 9.17) is 0 Å². The van der Waals surface area contributed by atoms with Crippen LogP contribution in [0.25, 0.3) is 0 Å². The van der Waals surface area contributed by atoms with Gasteiger partial charge in [0.15, 0.2) is 0 Å². The smallest absolute Gasteiger partial charge is 0.256 e. The summed E-state index contributed by atoms with van der Waals surface area (Å²) in [5.74, 6) is -0.611. The van der Waals surface area contributed by atoms with Crippen molar-refractivity contribution >= 4 is 23.2 Å². The lowest BCUT2D eigenvalue weighted by Crippen LogP contribution is -2.40. The number of nitrogens with zero attached hydrogens (tertiary/aromatic N) is 1. The Kier molecular flexibility index (Phi) is 7.57. The van der Waals surface area contributed by atoms with Crippen molar-refractivity contribution in [1.29, 1.82) is 0 Å². The summed E-state index contributed by atoms with van der Waals surface area (Å²) < 4.78 is 1.75. The maximum absolute atomic E-state index is 12.8. The van der Waals surface area contributed by atoms with E-state index < -0.39 is 17.2 Å². The topological polar surface area (TPSA) is 80.2 Å². The first-order chi connectivity index (χ1) is 13.2. The summed E-state index contributed by atoms with van der Waals surface area (Å²) in [6.45, 7) is 10.2. The monoisotopic (exact) mass is 403 g/mol. The van der Waals surface area contributed by atoms with Gasteiger partial charge in [0.2, 0.25) is 5.43 Å². The molecule has 0 aliphatic rings. The highest BCUT2D eigenvalue weighted by Crippen LogP contribution is 2.09. The van der Waals surface area contributed by atoms with Crippen molar-refractivity contribution in [3.63, 3.8) is 0 Å². The first-order valence-electron chi connectivity index (χ1n) is 9.54. The normalized spacial score (nSPS) is 12.2. The van der Waals surface area contributed by atoms with Crippen LogP contribution in [-0.2, 0) is 13.0 Å². The molecule has 0 radical (unpaired) electrons. The summed E-state index contributed by atoms with van der Waals surface area (Å²) in [5.41, 5.74) is 0.584. The van der Waals surface area contributed by atoms with Gasteiger partial charge in [-0.05, 0) is 55.5 Å². The second-order valence-corrected chi connectivity index (χ2v) is 8.62. The molecule has 2 aromatic heterocycles. The predicted octanol–water partition coefficient (Wildman–Crippen LogP) is 3.07. The van der Waals surface area contributed by atoms with Gasteiger partial charge in [0.1, 0.15) is 11.1 Å². The lowest BCUT2D eigenvalue weighted by Gasteiger charge is -2.17. The quantitative estimate of drug-likeness (QED) is 0.711. The van der Waals surface area contributed by atoms with Crippen molar-refractivity contribution in [2.45, 2.75) is 59.7 Å². The Balaban J connectivity index is 2.30. The molecule has 2 aromatic rings. The molecule has 28 heavy (non-hydrogen) atoms. The Labute approximate surface area is 170 Å². The summed E-state index contributed by atoms with van der Waals surface area (Å²) in [4.78, 5) is 38.1. The van der Waals surface area contributed by atoms with Crippen LogP contribution in [0.5, 0.6) is 0 Å². The average molecular weight is 404 g/mol. The minimum atomic E-state index is -0.543. The van der Waals surface area contributed by atoms with Crippen molar-refractivity contribution in [3.05, 3.63) is 56.1 Å². The third-order valence-corrected chi connectivity index (χ3v) is 4.80. The van der Waals surface area contributed by atoms with Crippen LogP contribution in [0.1, 0.15) is 60.9 Å². The zero-order valence-corrected chi connectivity index (χ0v) is 17.9. The Morgan fingerprint density at radius 1 is 1.04 bits per heavy atom. The van der Waals surface area contributed by atoms with E-state index in [1.54, 1.807) is 22.1 Å². The molecular weight excluding hydrogens is 374 g/mol. The van der Waals surface area contributed by atoms with Gasteiger partial charge in [-0.2, -0.15) is 11.3 Å². The molecule has 0 saturated heterocycles. The number of amides is 2. The van der Waals surface area contributed by atoms with Crippen molar-refractivity contribution in [2.75, 3.05) is 0 Å². The molecule has 1 unspecified atom stereocenters. The van der Waals surface area contributed by atoms with Gasteiger partial charge in [0.05, 0.1) is 0 Å². The molecule has 0 aliphatic heterocycles. The molecular formula is C21H29N3O3S. The fraction of sp³-hybridized carbons (Fsp3) is 0.476. The number of carbonyl (C=O) groups is 2. The Morgan fingerprint density at radius 3 is 2.14 bits per heavy atom. The van der Waals surface area contributed by atoms with Gasteiger partial charge in [-0.15, -0.1) is 0 Å². The molecule has 2 N–H and O–H groups in total. The highest BCUT2D eigenvalue weighted by atomic mass is 32.1. The number of nitrogens with one attached hydrogen (secondary N) is 2. The number of hydrogen-bond donors (Lipinski definition) is 2. The first kappa shape index (κ1) is 21.9. The van der Waals surface area contributed by atoms with Crippen molar-refractivity contribution in [1.82, 2.24) is 15.2 Å². The zero-order chi connectivity index (χ0) is 20.8. The van der Waals surface area contributed by atoms with Crippen LogP contribution in [0.3, 0.4) is 0 Å². The molecule has 7 heteroatoms. The van der Waals surface area contributed by atoms with Crippen LogP contribution < -0.4 is 16.1 Å². The van der Waals surface area contributed by atoms with Crippen molar-refractivity contribution < 1.29 is 9.59 Å². The largest absolute Gasteiger partial charge is 0.352 e. The lowest BCUT2D eigenvalue weighted by atomic mass is 10.1. The van der Waals surface area contributed by atoms with E-state index in [2.05, 4.69) is 10.6 Å². The van der Waals surface area contributed by atoms with Crippen molar-refractivity contribution in [2.24, 2.45) is 5.92 Å². The summed E-state index contributed by atoms with van der Waals surface area (Å²) >= 11 is 1.61. The molecule has 0 fully saturated rings. The van der Waals surface area contributed by atoms with Gasteiger partial charge in [-0.25, -0.2) is 0 Å². The standard InChI is InChI=1S/C21H29N3O3S/c1-13(2)9-24-10-17(20(26)22-14(3)4)19(25)18(11-24)21(27)23-15(5)8-16-6-7-28-12-16/h6-7,10-15H,8-9H2,1-5H3,(H,22,26)(H,23,27). The van der Waals surface area contributed by atoms with Crippen LogP contribution in [0, 0.1) is 5.92 Å². The Hall–Kier alpha value is -2.41. The highest BCUT2D eigenvalue weighted by Gasteiger charge is 2.21. The molecule has 0 spiro atoms. The number of pyridine rings is 1. The molecule has 152 valence electrons. The summed E-state index contributed by atoms with van der Waals surface area (Å²) in [7, 11) is 0. The van der Waals surface area contributed by atoms with Gasteiger partial charge < -0.3 is 15.2 Å². The molecule has 0 aliphatic carbocycles. The maximum Gasteiger partial charge on any atom is 0.256 e. The van der Waals surface area contributed by atoms with E-state index in [0.717, 1.165) is 5.56 Å².